The van der Waals surface area contributed by atoms with Crippen LogP contribution in [-0.4, -0.2) is 30.5 Å². The highest BCUT2D eigenvalue weighted by Crippen LogP contribution is 1.99. The van der Waals surface area contributed by atoms with Gasteiger partial charge in [0.05, 0.1) is 5.75 Å². The second-order valence-corrected chi connectivity index (χ2v) is 6.08. The Morgan fingerprint density at radius 2 is 2.25 bits per heavy atom. The van der Waals surface area contributed by atoms with E-state index in [9.17, 15) is 8.42 Å². The second-order valence-electron chi connectivity index (χ2n) is 3.56. The van der Waals surface area contributed by atoms with Crippen molar-refractivity contribution in [1.29, 1.82) is 0 Å². The summed E-state index contributed by atoms with van der Waals surface area (Å²) in [6, 6.07) is 5.39. The van der Waals surface area contributed by atoms with Gasteiger partial charge in [0.1, 0.15) is 0 Å². The fourth-order valence-corrected chi connectivity index (χ4v) is 2.85. The van der Waals surface area contributed by atoms with Gasteiger partial charge in [-0.3, -0.25) is 4.98 Å². The minimum atomic E-state index is -3.21. The Morgan fingerprint density at radius 1 is 1.50 bits per heavy atom. The Bertz CT molecular complexity index is 408. The van der Waals surface area contributed by atoms with E-state index in [2.05, 4.69) is 25.6 Å². The van der Waals surface area contributed by atoms with E-state index in [-0.39, 0.29) is 11.8 Å². The van der Waals surface area contributed by atoms with Crippen molar-refractivity contribution in [2.24, 2.45) is 0 Å². The third-order valence-electron chi connectivity index (χ3n) is 1.97. The monoisotopic (exact) mass is 306 g/mol. The van der Waals surface area contributed by atoms with Crippen molar-refractivity contribution in [2.75, 3.05) is 11.1 Å². The van der Waals surface area contributed by atoms with E-state index in [1.807, 2.05) is 25.1 Å². The number of hydrogen-bond acceptors (Lipinski definition) is 3. The first kappa shape index (κ1) is 13.6. The van der Waals surface area contributed by atoms with Crippen LogP contribution in [0.2, 0.25) is 0 Å². The maximum atomic E-state index is 11.6. The molecule has 0 bridgehead atoms. The lowest BCUT2D eigenvalue weighted by molar-refractivity contribution is 0.570. The average Bonchev–Trinajstić information content (AvgIpc) is 2.27. The molecule has 1 aromatic heterocycles. The van der Waals surface area contributed by atoms with Crippen LogP contribution in [0, 0.1) is 0 Å². The summed E-state index contributed by atoms with van der Waals surface area (Å²) in [5.41, 5.74) is 0.791. The van der Waals surface area contributed by atoms with Gasteiger partial charge in [-0.25, -0.2) is 13.1 Å². The lowest BCUT2D eigenvalue weighted by Gasteiger charge is -2.10. The molecule has 1 N–H and O–H groups in total. The minimum absolute atomic E-state index is 0.0708. The van der Waals surface area contributed by atoms with Crippen molar-refractivity contribution >= 4 is 26.0 Å². The smallest absolute Gasteiger partial charge is 0.212 e. The summed E-state index contributed by atoms with van der Waals surface area (Å²) in [4.78, 5) is 4.08. The Labute approximate surface area is 105 Å². The zero-order chi connectivity index (χ0) is 12.0. The molecule has 4 nitrogen and oxygen atoms in total. The molecule has 1 aromatic rings. The lowest BCUT2D eigenvalue weighted by Crippen LogP contribution is -2.35. The zero-order valence-corrected chi connectivity index (χ0v) is 11.5. The molecule has 0 aromatic carbocycles. The van der Waals surface area contributed by atoms with Gasteiger partial charge in [-0.2, -0.15) is 0 Å². The molecule has 90 valence electrons. The normalized spacial score (nSPS) is 13.6. The van der Waals surface area contributed by atoms with E-state index >= 15 is 0 Å². The van der Waals surface area contributed by atoms with Crippen molar-refractivity contribution < 1.29 is 8.42 Å². The Morgan fingerprint density at radius 3 is 2.81 bits per heavy atom. The van der Waals surface area contributed by atoms with Gasteiger partial charge < -0.3 is 0 Å². The highest BCUT2D eigenvalue weighted by atomic mass is 79.9. The number of halogens is 1. The molecule has 0 aliphatic rings. The largest absolute Gasteiger partial charge is 0.261 e. The first-order valence-corrected chi connectivity index (χ1v) is 7.77. The number of nitrogens with one attached hydrogen (secondary N) is 1. The van der Waals surface area contributed by atoms with Crippen LogP contribution in [0.3, 0.4) is 0 Å². The van der Waals surface area contributed by atoms with Gasteiger partial charge in [0, 0.05) is 29.7 Å². The summed E-state index contributed by atoms with van der Waals surface area (Å²) in [6.07, 6.45) is 2.10. The summed E-state index contributed by atoms with van der Waals surface area (Å²) < 4.78 is 25.8. The number of sulfonamides is 1. The topological polar surface area (TPSA) is 59.1 Å². The molecule has 0 amide bonds. The Balaban J connectivity index is 2.49. The molecule has 0 radical (unpaired) electrons. The summed E-state index contributed by atoms with van der Waals surface area (Å²) in [5.74, 6) is 0.0708. The third kappa shape index (κ3) is 5.05. The van der Waals surface area contributed by atoms with Crippen molar-refractivity contribution in [2.45, 2.75) is 19.4 Å². The molecule has 1 heterocycles. The Hall–Kier alpha value is -0.460. The van der Waals surface area contributed by atoms with Crippen molar-refractivity contribution in [3.63, 3.8) is 0 Å². The van der Waals surface area contributed by atoms with Crippen molar-refractivity contribution in [3.05, 3.63) is 30.1 Å². The van der Waals surface area contributed by atoms with Crippen LogP contribution in [0.5, 0.6) is 0 Å². The molecular formula is C10H15BrN2O2S. The van der Waals surface area contributed by atoms with Gasteiger partial charge in [-0.1, -0.05) is 22.0 Å². The van der Waals surface area contributed by atoms with Crippen LogP contribution in [0.25, 0.3) is 0 Å². The first-order chi connectivity index (χ1) is 7.53. The summed E-state index contributed by atoms with van der Waals surface area (Å²) in [5, 5.41) is 0.607. The van der Waals surface area contributed by atoms with Crippen LogP contribution >= 0.6 is 15.9 Å². The maximum absolute atomic E-state index is 11.6. The number of alkyl halides is 1. The van der Waals surface area contributed by atoms with Crippen molar-refractivity contribution in [3.8, 4) is 0 Å². The predicted octanol–water partition coefficient (Wildman–Crippen LogP) is 1.33. The molecule has 0 spiro atoms. The van der Waals surface area contributed by atoms with E-state index < -0.39 is 10.0 Å². The number of pyridine rings is 1. The summed E-state index contributed by atoms with van der Waals surface area (Å²) >= 11 is 3.22. The van der Waals surface area contributed by atoms with Gasteiger partial charge in [-0.05, 0) is 19.1 Å². The molecule has 16 heavy (non-hydrogen) atoms. The van der Waals surface area contributed by atoms with Crippen LogP contribution in [0.1, 0.15) is 12.6 Å². The first-order valence-electron chi connectivity index (χ1n) is 4.99. The van der Waals surface area contributed by atoms with E-state index in [0.29, 0.717) is 11.8 Å². The second kappa shape index (κ2) is 6.32. The quantitative estimate of drug-likeness (QED) is 0.807. The number of hydrogen-bond donors (Lipinski definition) is 1. The molecule has 1 atom stereocenters. The summed E-state index contributed by atoms with van der Waals surface area (Å²) in [7, 11) is -3.21. The molecule has 0 aliphatic heterocycles. The fourth-order valence-electron chi connectivity index (χ4n) is 1.18. The molecular weight excluding hydrogens is 292 g/mol. The number of aryl methyl sites for hydroxylation is 1. The van der Waals surface area contributed by atoms with Crippen LogP contribution < -0.4 is 4.72 Å². The highest BCUT2D eigenvalue weighted by molar-refractivity contribution is 9.09. The predicted molar refractivity (Wildman–Crippen MR) is 68.1 cm³/mol. The molecule has 1 rings (SSSR count). The molecule has 0 aliphatic carbocycles. The van der Waals surface area contributed by atoms with Gasteiger partial charge in [0.15, 0.2) is 0 Å². The van der Waals surface area contributed by atoms with Crippen LogP contribution in [-0.2, 0) is 16.4 Å². The van der Waals surface area contributed by atoms with E-state index in [4.69, 9.17) is 0 Å². The lowest BCUT2D eigenvalue weighted by atomic mass is 10.3. The molecule has 6 heteroatoms. The van der Waals surface area contributed by atoms with E-state index in [1.165, 1.54) is 0 Å². The minimum Gasteiger partial charge on any atom is -0.261 e. The number of aromatic nitrogens is 1. The zero-order valence-electron chi connectivity index (χ0n) is 9.06. The SMILES string of the molecule is CC(CBr)NS(=O)(=O)CCc1ccccn1. The van der Waals surface area contributed by atoms with Crippen LogP contribution in [0.15, 0.2) is 24.4 Å². The summed E-state index contributed by atoms with van der Waals surface area (Å²) in [6.45, 7) is 1.81. The number of rotatable bonds is 6. The Kier molecular flexibility index (Phi) is 5.37. The molecule has 0 fully saturated rings. The van der Waals surface area contributed by atoms with Gasteiger partial charge in [0.25, 0.3) is 0 Å². The standard InChI is InChI=1S/C10H15BrN2O2S/c1-9(8-11)13-16(14,15)7-5-10-4-2-3-6-12-10/h2-4,6,9,13H,5,7-8H2,1H3. The van der Waals surface area contributed by atoms with Crippen LogP contribution in [0.4, 0.5) is 0 Å². The average molecular weight is 307 g/mol. The van der Waals surface area contributed by atoms with E-state index in [0.717, 1.165) is 5.69 Å². The number of nitrogens with zero attached hydrogens (tertiary/aromatic N) is 1. The van der Waals surface area contributed by atoms with Gasteiger partial charge in [0.2, 0.25) is 10.0 Å². The highest BCUT2D eigenvalue weighted by Gasteiger charge is 2.13. The molecule has 1 unspecified atom stereocenters. The maximum Gasteiger partial charge on any atom is 0.212 e. The fraction of sp³-hybridized carbons (Fsp3) is 0.500. The molecule has 0 saturated carbocycles. The van der Waals surface area contributed by atoms with Gasteiger partial charge >= 0.3 is 0 Å². The third-order valence-corrected chi connectivity index (χ3v) is 4.44. The van der Waals surface area contributed by atoms with Gasteiger partial charge in [-0.15, -0.1) is 0 Å². The van der Waals surface area contributed by atoms with Crippen molar-refractivity contribution in [1.82, 2.24) is 9.71 Å². The molecule has 0 saturated heterocycles. The van der Waals surface area contributed by atoms with E-state index in [1.54, 1.807) is 6.20 Å².